The third kappa shape index (κ3) is 6.09. The lowest BCUT2D eigenvalue weighted by Crippen LogP contribution is -2.49. The van der Waals surface area contributed by atoms with E-state index in [1.807, 2.05) is 0 Å². The van der Waals surface area contributed by atoms with Gasteiger partial charge in [0.25, 0.3) is 0 Å². The number of halogens is 6. The van der Waals surface area contributed by atoms with E-state index in [2.05, 4.69) is 15.6 Å². The van der Waals surface area contributed by atoms with Crippen molar-refractivity contribution < 1.29 is 36.3 Å². The lowest BCUT2D eigenvalue weighted by atomic mass is 9.87. The fourth-order valence-electron chi connectivity index (χ4n) is 3.12. The van der Waals surface area contributed by atoms with E-state index in [1.165, 1.54) is 29.5 Å². The minimum Gasteiger partial charge on any atom is -0.381 e. The van der Waals surface area contributed by atoms with E-state index in [0.29, 0.717) is 5.56 Å². The fourth-order valence-corrected chi connectivity index (χ4v) is 3.12. The Balaban J connectivity index is 1.73. The predicted octanol–water partition coefficient (Wildman–Crippen LogP) is 4.31. The molecule has 0 spiro atoms. The average Bonchev–Trinajstić information content (AvgIpc) is 3.25. The van der Waals surface area contributed by atoms with Crippen molar-refractivity contribution in [1.29, 1.82) is 0 Å². The van der Waals surface area contributed by atoms with Gasteiger partial charge in [-0.2, -0.15) is 36.9 Å². The van der Waals surface area contributed by atoms with Crippen molar-refractivity contribution >= 4 is 0 Å². The lowest BCUT2D eigenvalue weighted by Gasteiger charge is -2.34. The summed E-state index contributed by atoms with van der Waals surface area (Å²) in [5.74, 6) is 0. The van der Waals surface area contributed by atoms with Crippen molar-refractivity contribution in [2.24, 2.45) is 0 Å². The average molecular weight is 474 g/mol. The van der Waals surface area contributed by atoms with E-state index in [4.69, 9.17) is 4.84 Å². The van der Waals surface area contributed by atoms with Gasteiger partial charge in [0.1, 0.15) is 18.3 Å². The van der Waals surface area contributed by atoms with E-state index in [1.54, 1.807) is 6.92 Å². The molecule has 1 aromatic heterocycles. The van der Waals surface area contributed by atoms with Gasteiger partial charge in [0.15, 0.2) is 0 Å². The Hall–Kier alpha value is -2.96. The molecule has 2 atom stereocenters. The summed E-state index contributed by atoms with van der Waals surface area (Å²) in [6.45, 7) is 1.27. The minimum absolute atomic E-state index is 0.116. The Labute approximate surface area is 184 Å². The molecular formula is C21H20F6N4O2. The van der Waals surface area contributed by atoms with Crippen LogP contribution in [0, 0.1) is 0 Å². The number of aliphatic hydroxyl groups is 1. The van der Waals surface area contributed by atoms with Gasteiger partial charge in [-0.15, -0.1) is 0 Å². The summed E-state index contributed by atoms with van der Waals surface area (Å²) in [4.78, 5) is 9.15. The number of nitrogens with zero attached hydrogens (tertiary/aromatic N) is 3. The van der Waals surface area contributed by atoms with Crippen LogP contribution in [-0.4, -0.2) is 25.9 Å². The van der Waals surface area contributed by atoms with Crippen molar-refractivity contribution in [2.45, 2.75) is 44.1 Å². The summed E-state index contributed by atoms with van der Waals surface area (Å²) in [7, 11) is 0. The monoisotopic (exact) mass is 474 g/mol. The smallest absolute Gasteiger partial charge is 0.381 e. The molecule has 0 aliphatic rings. The van der Waals surface area contributed by atoms with Crippen molar-refractivity contribution in [3.8, 4) is 0 Å². The van der Waals surface area contributed by atoms with Crippen molar-refractivity contribution in [2.75, 3.05) is 0 Å². The Morgan fingerprint density at radius 1 is 0.909 bits per heavy atom. The first kappa shape index (κ1) is 24.7. The predicted molar refractivity (Wildman–Crippen MR) is 104 cm³/mol. The van der Waals surface area contributed by atoms with Crippen LogP contribution in [-0.2, 0) is 35.9 Å². The molecule has 2 aromatic carbocycles. The highest BCUT2D eigenvalue weighted by Crippen LogP contribution is 2.33. The van der Waals surface area contributed by atoms with Crippen LogP contribution in [0.1, 0.15) is 29.2 Å². The Bertz CT molecular complexity index is 1020. The number of hydrogen-bond donors (Lipinski definition) is 2. The molecule has 0 unspecified atom stereocenters. The van der Waals surface area contributed by atoms with Crippen LogP contribution in [0.5, 0.6) is 0 Å². The van der Waals surface area contributed by atoms with Gasteiger partial charge in [0, 0.05) is 0 Å². The molecule has 0 amide bonds. The van der Waals surface area contributed by atoms with Crippen molar-refractivity contribution in [1.82, 2.24) is 20.2 Å². The van der Waals surface area contributed by atoms with Crippen LogP contribution in [0.15, 0.2) is 61.2 Å². The van der Waals surface area contributed by atoms with Crippen LogP contribution in [0.3, 0.4) is 0 Å². The van der Waals surface area contributed by atoms with Crippen LogP contribution in [0.4, 0.5) is 26.3 Å². The second kappa shape index (κ2) is 9.49. The topological polar surface area (TPSA) is 72.2 Å². The molecule has 2 N–H and O–H groups in total. The molecule has 1 heterocycles. The van der Waals surface area contributed by atoms with E-state index in [-0.39, 0.29) is 18.7 Å². The second-order valence-electron chi connectivity index (χ2n) is 7.42. The zero-order valence-corrected chi connectivity index (χ0v) is 17.2. The number of hydrogen-bond acceptors (Lipinski definition) is 5. The highest BCUT2D eigenvalue weighted by Gasteiger charge is 2.38. The van der Waals surface area contributed by atoms with Crippen LogP contribution in [0.2, 0.25) is 0 Å². The molecule has 0 aliphatic carbocycles. The molecule has 6 nitrogen and oxygen atoms in total. The molecule has 0 fully saturated rings. The maximum absolute atomic E-state index is 12.9. The molecule has 0 aliphatic heterocycles. The van der Waals surface area contributed by atoms with Gasteiger partial charge in [-0.3, -0.25) is 4.84 Å². The van der Waals surface area contributed by atoms with Gasteiger partial charge in [-0.05, 0) is 42.3 Å². The van der Waals surface area contributed by atoms with Crippen LogP contribution < -0.4 is 5.48 Å². The summed E-state index contributed by atoms with van der Waals surface area (Å²) < 4.78 is 78.1. The van der Waals surface area contributed by atoms with Crippen molar-refractivity contribution in [3.63, 3.8) is 0 Å². The number of benzene rings is 2. The number of alkyl halides is 6. The van der Waals surface area contributed by atoms with Crippen LogP contribution in [0.25, 0.3) is 0 Å². The fraction of sp³-hybridized carbons (Fsp3) is 0.333. The normalized spacial score (nSPS) is 15.3. The standard InChI is InChI=1S/C21H20F6N4O2/c1-14(30-33-10-15-2-4-17(5-3-15)20(22,23)24)19(32,11-31-13-28-12-29-31)16-6-8-18(9-7-16)21(25,26)27/h2-9,12-14,30,32H,10-11H2,1H3/t14-,19-/m1/s1. The van der Waals surface area contributed by atoms with Gasteiger partial charge >= 0.3 is 12.4 Å². The Morgan fingerprint density at radius 2 is 1.42 bits per heavy atom. The molecule has 12 heteroatoms. The first-order chi connectivity index (χ1) is 15.4. The zero-order chi connectivity index (χ0) is 24.3. The summed E-state index contributed by atoms with van der Waals surface area (Å²) in [6, 6.07) is 7.53. The summed E-state index contributed by atoms with van der Waals surface area (Å²) in [5.41, 5.74) is -0.199. The zero-order valence-electron chi connectivity index (χ0n) is 17.2. The van der Waals surface area contributed by atoms with E-state index >= 15 is 0 Å². The summed E-state index contributed by atoms with van der Waals surface area (Å²) in [5, 5.41) is 15.3. The SMILES string of the molecule is C[C@@H](NOCc1ccc(C(F)(F)F)cc1)[C@](O)(Cn1cncn1)c1ccc(C(F)(F)F)cc1. The molecule has 3 rings (SSSR count). The third-order valence-corrected chi connectivity index (χ3v) is 5.08. The number of nitrogens with one attached hydrogen (secondary N) is 1. The minimum atomic E-state index is -4.53. The van der Waals surface area contributed by atoms with E-state index in [9.17, 15) is 31.4 Å². The molecule has 33 heavy (non-hydrogen) atoms. The van der Waals surface area contributed by atoms with Gasteiger partial charge in [0.05, 0.1) is 30.3 Å². The maximum Gasteiger partial charge on any atom is 0.416 e. The number of hydroxylamine groups is 1. The van der Waals surface area contributed by atoms with Crippen molar-refractivity contribution in [3.05, 3.63) is 83.4 Å². The highest BCUT2D eigenvalue weighted by atomic mass is 19.4. The summed E-state index contributed by atoms with van der Waals surface area (Å²) in [6.07, 6.45) is -6.40. The van der Waals surface area contributed by atoms with E-state index < -0.39 is 35.1 Å². The third-order valence-electron chi connectivity index (χ3n) is 5.08. The maximum atomic E-state index is 12.9. The second-order valence-corrected chi connectivity index (χ2v) is 7.42. The molecular weight excluding hydrogens is 454 g/mol. The molecule has 0 saturated carbocycles. The van der Waals surface area contributed by atoms with Crippen LogP contribution >= 0.6 is 0 Å². The molecule has 0 radical (unpaired) electrons. The van der Waals surface area contributed by atoms with E-state index in [0.717, 1.165) is 36.4 Å². The molecule has 0 bridgehead atoms. The quantitative estimate of drug-likeness (QED) is 0.376. The van der Waals surface area contributed by atoms with Gasteiger partial charge < -0.3 is 5.11 Å². The largest absolute Gasteiger partial charge is 0.416 e. The Morgan fingerprint density at radius 3 is 1.91 bits per heavy atom. The highest BCUT2D eigenvalue weighted by molar-refractivity contribution is 5.30. The number of rotatable bonds is 8. The Kier molecular flexibility index (Phi) is 7.10. The first-order valence-electron chi connectivity index (χ1n) is 9.65. The molecule has 178 valence electrons. The summed E-state index contributed by atoms with van der Waals surface area (Å²) >= 11 is 0. The number of aromatic nitrogens is 3. The van der Waals surface area contributed by atoms with Gasteiger partial charge in [0.2, 0.25) is 0 Å². The van der Waals surface area contributed by atoms with Gasteiger partial charge in [-0.25, -0.2) is 9.67 Å². The van der Waals surface area contributed by atoms with Gasteiger partial charge in [-0.1, -0.05) is 24.3 Å². The lowest BCUT2D eigenvalue weighted by molar-refractivity contribution is -0.138. The first-order valence-corrected chi connectivity index (χ1v) is 9.65. The molecule has 0 saturated heterocycles. The molecule has 3 aromatic rings.